The largest absolute Gasteiger partial charge is 0.497 e. The first kappa shape index (κ1) is 17.0. The molecule has 0 aliphatic heterocycles. The summed E-state index contributed by atoms with van der Waals surface area (Å²) in [6.07, 6.45) is 0. The molecular weight excluding hydrogens is 310 g/mol. The normalized spacial score (nSPS) is 9.75. The van der Waals surface area contributed by atoms with E-state index >= 15 is 0 Å². The maximum absolute atomic E-state index is 11.9. The van der Waals surface area contributed by atoms with Gasteiger partial charge in [-0.2, -0.15) is 0 Å². The van der Waals surface area contributed by atoms with Crippen molar-refractivity contribution in [1.82, 2.24) is 0 Å². The van der Waals surface area contributed by atoms with E-state index in [4.69, 9.17) is 4.74 Å². The fraction of sp³-hybridized carbons (Fsp3) is 0.118. The van der Waals surface area contributed by atoms with E-state index in [1.807, 2.05) is 0 Å². The van der Waals surface area contributed by atoms with Crippen molar-refractivity contribution in [3.63, 3.8) is 0 Å². The monoisotopic (exact) mass is 327 g/mol. The lowest BCUT2D eigenvalue weighted by molar-refractivity contribution is -0.132. The molecule has 3 N–H and O–H groups in total. The third kappa shape index (κ3) is 4.84. The molecule has 0 fully saturated rings. The highest BCUT2D eigenvalue weighted by Crippen LogP contribution is 2.16. The molecule has 0 unspecified atom stereocenters. The molecule has 0 heterocycles. The van der Waals surface area contributed by atoms with Gasteiger partial charge in [-0.1, -0.05) is 0 Å². The van der Waals surface area contributed by atoms with E-state index in [1.54, 1.807) is 48.5 Å². The highest BCUT2D eigenvalue weighted by molar-refractivity contribution is 6.43. The molecule has 24 heavy (non-hydrogen) atoms. The first-order valence-corrected chi connectivity index (χ1v) is 7.12. The molecule has 2 aromatic rings. The first-order valence-electron chi connectivity index (χ1n) is 7.12. The summed E-state index contributed by atoms with van der Waals surface area (Å²) in [7, 11) is 1.54. The smallest absolute Gasteiger partial charge is 0.314 e. The lowest BCUT2D eigenvalue weighted by atomic mass is 10.2. The number of nitrogens with one attached hydrogen (secondary N) is 3. The van der Waals surface area contributed by atoms with Gasteiger partial charge in [0.1, 0.15) is 5.75 Å². The minimum Gasteiger partial charge on any atom is -0.497 e. The summed E-state index contributed by atoms with van der Waals surface area (Å²) in [6, 6.07) is 13.0. The Bertz CT molecular complexity index is 739. The first-order chi connectivity index (χ1) is 11.5. The summed E-state index contributed by atoms with van der Waals surface area (Å²) in [5.41, 5.74) is 1.53. The van der Waals surface area contributed by atoms with Crippen LogP contribution in [0.2, 0.25) is 0 Å². The second kappa shape index (κ2) is 7.77. The van der Waals surface area contributed by atoms with Crippen LogP contribution in [0.5, 0.6) is 5.75 Å². The zero-order chi connectivity index (χ0) is 17.5. The van der Waals surface area contributed by atoms with Gasteiger partial charge < -0.3 is 20.7 Å². The van der Waals surface area contributed by atoms with E-state index in [0.29, 0.717) is 22.8 Å². The van der Waals surface area contributed by atoms with Gasteiger partial charge >= 0.3 is 11.8 Å². The van der Waals surface area contributed by atoms with Crippen molar-refractivity contribution in [3.05, 3.63) is 48.5 Å². The van der Waals surface area contributed by atoms with E-state index in [1.165, 1.54) is 14.0 Å². The van der Waals surface area contributed by atoms with Gasteiger partial charge in [-0.15, -0.1) is 0 Å². The van der Waals surface area contributed by atoms with Crippen LogP contribution in [0, 0.1) is 0 Å². The third-order valence-corrected chi connectivity index (χ3v) is 3.02. The van der Waals surface area contributed by atoms with E-state index in [-0.39, 0.29) is 5.91 Å². The molecule has 2 aromatic carbocycles. The van der Waals surface area contributed by atoms with Crippen LogP contribution in [0.3, 0.4) is 0 Å². The summed E-state index contributed by atoms with van der Waals surface area (Å²) >= 11 is 0. The Morgan fingerprint density at radius 1 is 0.708 bits per heavy atom. The van der Waals surface area contributed by atoms with Crippen LogP contribution in [-0.2, 0) is 14.4 Å². The summed E-state index contributed by atoms with van der Waals surface area (Å²) in [5.74, 6) is -1.12. The average Bonchev–Trinajstić information content (AvgIpc) is 2.56. The Morgan fingerprint density at radius 3 is 1.46 bits per heavy atom. The fourth-order valence-corrected chi connectivity index (χ4v) is 1.89. The number of rotatable bonds is 4. The van der Waals surface area contributed by atoms with Crippen molar-refractivity contribution in [2.45, 2.75) is 6.92 Å². The van der Waals surface area contributed by atoms with Crippen LogP contribution >= 0.6 is 0 Å². The Morgan fingerprint density at radius 2 is 1.08 bits per heavy atom. The number of hydrogen-bond acceptors (Lipinski definition) is 4. The number of hydrogen-bond donors (Lipinski definition) is 3. The minimum absolute atomic E-state index is 0.189. The quantitative estimate of drug-likeness (QED) is 0.750. The van der Waals surface area contributed by atoms with Crippen molar-refractivity contribution in [3.8, 4) is 5.75 Å². The molecule has 0 radical (unpaired) electrons. The summed E-state index contributed by atoms with van der Waals surface area (Å²) < 4.78 is 5.02. The van der Waals surface area contributed by atoms with Crippen molar-refractivity contribution < 1.29 is 19.1 Å². The number of anilines is 3. The summed E-state index contributed by atoms with van der Waals surface area (Å²) in [6.45, 7) is 1.40. The van der Waals surface area contributed by atoms with Crippen LogP contribution in [0.25, 0.3) is 0 Å². The number of benzene rings is 2. The molecule has 0 bridgehead atoms. The molecule has 7 nitrogen and oxygen atoms in total. The lowest BCUT2D eigenvalue weighted by Gasteiger charge is -2.08. The Labute approximate surface area is 139 Å². The van der Waals surface area contributed by atoms with Crippen LogP contribution in [0.4, 0.5) is 17.1 Å². The summed E-state index contributed by atoms with van der Waals surface area (Å²) in [5, 5.41) is 7.57. The maximum atomic E-state index is 11.9. The Hall–Kier alpha value is -3.35. The highest BCUT2D eigenvalue weighted by atomic mass is 16.5. The average molecular weight is 327 g/mol. The summed E-state index contributed by atoms with van der Waals surface area (Å²) in [4.78, 5) is 34.7. The third-order valence-electron chi connectivity index (χ3n) is 3.02. The number of carbonyl (C=O) groups is 3. The molecule has 7 heteroatoms. The second-order valence-corrected chi connectivity index (χ2v) is 4.90. The fourth-order valence-electron chi connectivity index (χ4n) is 1.89. The molecule has 0 atom stereocenters. The lowest BCUT2D eigenvalue weighted by Crippen LogP contribution is -2.29. The number of amides is 3. The molecule has 3 amide bonds. The van der Waals surface area contributed by atoms with Gasteiger partial charge in [-0.25, -0.2) is 0 Å². The van der Waals surface area contributed by atoms with Crippen molar-refractivity contribution >= 4 is 34.8 Å². The molecule has 0 aliphatic carbocycles. The SMILES string of the molecule is COc1ccc(NC(=O)C(=O)Nc2ccc(NC(C)=O)cc2)cc1. The molecule has 2 rings (SSSR count). The number of carbonyl (C=O) groups excluding carboxylic acids is 3. The van der Waals surface area contributed by atoms with Crippen LogP contribution in [0.15, 0.2) is 48.5 Å². The zero-order valence-electron chi connectivity index (χ0n) is 13.3. The molecule has 0 saturated carbocycles. The van der Waals surface area contributed by atoms with Crippen molar-refractivity contribution in [2.75, 3.05) is 23.1 Å². The minimum atomic E-state index is -0.793. The topological polar surface area (TPSA) is 96.5 Å². The number of methoxy groups -OCH3 is 1. The van der Waals surface area contributed by atoms with Crippen LogP contribution in [-0.4, -0.2) is 24.8 Å². The number of ether oxygens (including phenoxy) is 1. The standard InChI is InChI=1S/C17H17N3O4/c1-11(21)18-12-3-5-13(6-4-12)19-16(22)17(23)20-14-7-9-15(24-2)10-8-14/h3-10H,1-2H3,(H,18,21)(H,19,22)(H,20,23). The predicted octanol–water partition coefficient (Wildman–Crippen LogP) is 2.23. The van der Waals surface area contributed by atoms with Gasteiger partial charge in [0.25, 0.3) is 0 Å². The molecular formula is C17H17N3O4. The Balaban J connectivity index is 1.93. The Kier molecular flexibility index (Phi) is 5.51. The van der Waals surface area contributed by atoms with Gasteiger partial charge in [0, 0.05) is 24.0 Å². The predicted molar refractivity (Wildman–Crippen MR) is 91.0 cm³/mol. The maximum Gasteiger partial charge on any atom is 0.314 e. The second-order valence-electron chi connectivity index (χ2n) is 4.90. The van der Waals surface area contributed by atoms with E-state index in [2.05, 4.69) is 16.0 Å². The van der Waals surface area contributed by atoms with Gasteiger partial charge in [-0.3, -0.25) is 14.4 Å². The van der Waals surface area contributed by atoms with Gasteiger partial charge in [0.2, 0.25) is 5.91 Å². The van der Waals surface area contributed by atoms with Crippen molar-refractivity contribution in [2.24, 2.45) is 0 Å². The van der Waals surface area contributed by atoms with E-state index in [0.717, 1.165) is 0 Å². The zero-order valence-corrected chi connectivity index (χ0v) is 13.3. The van der Waals surface area contributed by atoms with Crippen LogP contribution < -0.4 is 20.7 Å². The van der Waals surface area contributed by atoms with Gasteiger partial charge in [-0.05, 0) is 48.5 Å². The molecule has 0 saturated heterocycles. The molecule has 124 valence electrons. The van der Waals surface area contributed by atoms with Crippen molar-refractivity contribution in [1.29, 1.82) is 0 Å². The molecule has 0 aromatic heterocycles. The van der Waals surface area contributed by atoms with Crippen LogP contribution in [0.1, 0.15) is 6.92 Å². The van der Waals surface area contributed by atoms with E-state index in [9.17, 15) is 14.4 Å². The van der Waals surface area contributed by atoms with Gasteiger partial charge in [0.15, 0.2) is 0 Å². The highest BCUT2D eigenvalue weighted by Gasteiger charge is 2.14. The molecule has 0 spiro atoms. The van der Waals surface area contributed by atoms with Gasteiger partial charge in [0.05, 0.1) is 7.11 Å². The van der Waals surface area contributed by atoms with E-state index < -0.39 is 11.8 Å². The molecule has 0 aliphatic rings.